The number of nitrogen functional groups attached to an aromatic ring is 1. The Bertz CT molecular complexity index is 1700. The van der Waals surface area contributed by atoms with Crippen LogP contribution in [0.1, 0.15) is 48.5 Å². The number of nitrogens with two attached hydrogens (primary N) is 1. The van der Waals surface area contributed by atoms with Crippen LogP contribution in [0.15, 0.2) is 46.2 Å². The Hall–Kier alpha value is -2.58. The van der Waals surface area contributed by atoms with Crippen molar-refractivity contribution >= 4 is 48.9 Å². The Morgan fingerprint density at radius 2 is 1.33 bits per heavy atom. The summed E-state index contributed by atoms with van der Waals surface area (Å²) in [6.45, 7) is 4.54. The van der Waals surface area contributed by atoms with Crippen LogP contribution in [0.2, 0.25) is 0 Å². The molecule has 0 amide bonds. The predicted octanol–water partition coefficient (Wildman–Crippen LogP) is 0.210. The molecule has 0 radical (unpaired) electrons. The number of carbonyl (C=O) groups excluding carboxylic acids is 2. The van der Waals surface area contributed by atoms with Gasteiger partial charge in [0.1, 0.15) is 9.79 Å². The van der Waals surface area contributed by atoms with Gasteiger partial charge in [-0.15, -0.1) is 0 Å². The van der Waals surface area contributed by atoms with Crippen molar-refractivity contribution in [3.8, 4) is 0 Å². The average molecular weight is 540 g/mol. The summed E-state index contributed by atoms with van der Waals surface area (Å²) in [5.74, 6) is -1.33. The first kappa shape index (κ1) is 28.0. The zero-order valence-electron chi connectivity index (χ0n) is 19.7. The van der Waals surface area contributed by atoms with E-state index in [1.807, 2.05) is 0 Å². The molecular formula is C23H20N2NaO8S2+. The van der Waals surface area contributed by atoms with E-state index in [0.717, 1.165) is 6.07 Å². The molecular weight excluding hydrogens is 519 g/mol. The van der Waals surface area contributed by atoms with Gasteiger partial charge >= 0.3 is 29.6 Å². The van der Waals surface area contributed by atoms with Crippen LogP contribution in [-0.2, 0) is 20.2 Å². The van der Waals surface area contributed by atoms with Gasteiger partial charge in [0, 0.05) is 16.8 Å². The van der Waals surface area contributed by atoms with Gasteiger partial charge in [-0.25, -0.2) is 0 Å². The summed E-state index contributed by atoms with van der Waals surface area (Å²) in [4.78, 5) is 25.5. The Kier molecular flexibility index (Phi) is 7.29. The molecule has 4 rings (SSSR count). The first-order valence-corrected chi connectivity index (χ1v) is 13.0. The SMILES string of the molecule is Cc1cc(C)c(S(=O)(=O)O)c(C)c1Nc1cc(S(=O)(=O)O)c(N)c2c1C(=O)c1ccccc1C2=O.[Na+]. The molecule has 0 aliphatic heterocycles. The molecule has 0 heterocycles. The van der Waals surface area contributed by atoms with Gasteiger partial charge in [-0.3, -0.25) is 18.7 Å². The summed E-state index contributed by atoms with van der Waals surface area (Å²) in [7, 11) is -9.55. The molecule has 0 saturated carbocycles. The predicted molar refractivity (Wildman–Crippen MR) is 128 cm³/mol. The number of nitrogens with one attached hydrogen (secondary N) is 1. The van der Waals surface area contributed by atoms with Crippen LogP contribution in [0.25, 0.3) is 0 Å². The van der Waals surface area contributed by atoms with Gasteiger partial charge in [0.25, 0.3) is 20.2 Å². The van der Waals surface area contributed by atoms with E-state index in [0.29, 0.717) is 5.56 Å². The first-order valence-electron chi connectivity index (χ1n) is 10.1. The van der Waals surface area contributed by atoms with Crippen LogP contribution in [-0.4, -0.2) is 37.5 Å². The summed E-state index contributed by atoms with van der Waals surface area (Å²) in [6, 6.07) is 8.33. The minimum atomic E-state index is -4.92. The zero-order valence-corrected chi connectivity index (χ0v) is 23.3. The van der Waals surface area contributed by atoms with Crippen molar-refractivity contribution in [1.29, 1.82) is 0 Å². The molecule has 1 aliphatic rings. The number of benzene rings is 3. The summed E-state index contributed by atoms with van der Waals surface area (Å²) in [6.07, 6.45) is 0. The summed E-state index contributed by atoms with van der Waals surface area (Å²) in [5.41, 5.74) is 5.67. The third-order valence-corrected chi connectivity index (χ3v) is 7.93. The molecule has 1 aliphatic carbocycles. The van der Waals surface area contributed by atoms with Gasteiger partial charge in [0.05, 0.1) is 22.5 Å². The van der Waals surface area contributed by atoms with Gasteiger partial charge < -0.3 is 11.1 Å². The fourth-order valence-electron chi connectivity index (χ4n) is 4.50. The third-order valence-electron chi connectivity index (χ3n) is 5.90. The number of fused-ring (bicyclic) bond motifs is 2. The van der Waals surface area contributed by atoms with E-state index in [9.17, 15) is 35.5 Å². The second kappa shape index (κ2) is 9.38. The van der Waals surface area contributed by atoms with Crippen molar-refractivity contribution in [3.63, 3.8) is 0 Å². The molecule has 0 saturated heterocycles. The van der Waals surface area contributed by atoms with E-state index in [-0.39, 0.29) is 73.6 Å². The monoisotopic (exact) mass is 539 g/mol. The van der Waals surface area contributed by atoms with E-state index in [2.05, 4.69) is 5.32 Å². The third kappa shape index (κ3) is 4.50. The number of aryl methyl sites for hydroxylation is 2. The number of anilines is 3. The zero-order chi connectivity index (χ0) is 26.0. The number of carbonyl (C=O) groups is 2. The fraction of sp³-hybridized carbons (Fsp3) is 0.130. The van der Waals surface area contributed by atoms with Gasteiger partial charge in [0.15, 0.2) is 11.6 Å². The number of rotatable bonds is 4. The molecule has 182 valence electrons. The minimum Gasteiger partial charge on any atom is -0.397 e. The van der Waals surface area contributed by atoms with Crippen LogP contribution < -0.4 is 40.6 Å². The standard InChI is InChI=1S/C23H20N2O8S2.Na/c1-10-8-11(2)23(35(31,32)33)12(3)20(10)25-15-9-16(34(28,29)30)19(24)18-17(15)21(26)13-6-4-5-7-14(13)22(18)27;/h4-9,25H,24H2,1-3H3,(H,28,29,30)(H,31,32,33);/q;+1. The van der Waals surface area contributed by atoms with Crippen LogP contribution in [0.5, 0.6) is 0 Å². The molecule has 3 aromatic carbocycles. The molecule has 0 atom stereocenters. The van der Waals surface area contributed by atoms with Gasteiger partial charge in [-0.2, -0.15) is 16.8 Å². The Labute approximate surface area is 229 Å². The Morgan fingerprint density at radius 3 is 1.83 bits per heavy atom. The molecule has 0 bridgehead atoms. The van der Waals surface area contributed by atoms with Crippen molar-refractivity contribution < 1.29 is 65.1 Å². The molecule has 13 heteroatoms. The smallest absolute Gasteiger partial charge is 0.397 e. The van der Waals surface area contributed by atoms with Crippen molar-refractivity contribution in [3.05, 3.63) is 75.3 Å². The quantitative estimate of drug-likeness (QED) is 0.159. The second-order valence-electron chi connectivity index (χ2n) is 8.20. The fourth-order valence-corrected chi connectivity index (χ4v) is 6.10. The molecule has 36 heavy (non-hydrogen) atoms. The van der Waals surface area contributed by atoms with Gasteiger partial charge in [0.2, 0.25) is 0 Å². The van der Waals surface area contributed by atoms with E-state index < -0.39 is 47.9 Å². The largest absolute Gasteiger partial charge is 1.00 e. The maximum absolute atomic E-state index is 13.4. The summed E-state index contributed by atoms with van der Waals surface area (Å²) >= 11 is 0. The Morgan fingerprint density at radius 1 is 0.806 bits per heavy atom. The van der Waals surface area contributed by atoms with Crippen molar-refractivity contribution in [2.75, 3.05) is 11.1 Å². The summed E-state index contributed by atoms with van der Waals surface area (Å²) in [5, 5.41) is 2.85. The molecule has 0 aromatic heterocycles. The molecule has 0 spiro atoms. The number of hydrogen-bond acceptors (Lipinski definition) is 8. The maximum atomic E-state index is 13.4. The van der Waals surface area contributed by atoms with Gasteiger partial charge in [-0.1, -0.05) is 30.3 Å². The maximum Gasteiger partial charge on any atom is 1.00 e. The van der Waals surface area contributed by atoms with Crippen LogP contribution in [0, 0.1) is 20.8 Å². The number of hydrogen-bond donors (Lipinski definition) is 4. The van der Waals surface area contributed by atoms with Crippen molar-refractivity contribution in [2.24, 2.45) is 0 Å². The van der Waals surface area contributed by atoms with Crippen LogP contribution in [0.3, 0.4) is 0 Å². The first-order chi connectivity index (χ1) is 16.1. The number of ketones is 2. The molecule has 0 fully saturated rings. The van der Waals surface area contributed by atoms with E-state index >= 15 is 0 Å². The molecule has 5 N–H and O–H groups in total. The molecule has 0 unspecified atom stereocenters. The Balaban J connectivity index is 0.00000361. The normalized spacial score (nSPS) is 13.0. The minimum absolute atomic E-state index is 0. The second-order valence-corrected chi connectivity index (χ2v) is 11.0. The van der Waals surface area contributed by atoms with Crippen LogP contribution >= 0.6 is 0 Å². The molecule has 3 aromatic rings. The topological polar surface area (TPSA) is 181 Å². The average Bonchev–Trinajstić information content (AvgIpc) is 2.73. The van der Waals surface area contributed by atoms with Gasteiger partial charge in [-0.05, 0) is 43.5 Å². The molecule has 10 nitrogen and oxygen atoms in total. The van der Waals surface area contributed by atoms with Crippen LogP contribution in [0.4, 0.5) is 17.1 Å². The van der Waals surface area contributed by atoms with E-state index in [4.69, 9.17) is 5.73 Å². The van der Waals surface area contributed by atoms with E-state index in [1.54, 1.807) is 13.0 Å². The summed E-state index contributed by atoms with van der Waals surface area (Å²) < 4.78 is 67.6. The van der Waals surface area contributed by atoms with E-state index in [1.165, 1.54) is 38.1 Å². The van der Waals surface area contributed by atoms with Crippen molar-refractivity contribution in [2.45, 2.75) is 30.6 Å². The van der Waals surface area contributed by atoms with Crippen molar-refractivity contribution in [1.82, 2.24) is 0 Å².